The number of hydrogen-bond donors (Lipinski definition) is 1. The number of nitrogens with two attached hydrogens (primary N) is 1. The molecule has 21 heavy (non-hydrogen) atoms. The first-order chi connectivity index (χ1) is 10.0. The average molecular weight is 284 g/mol. The second-order valence-electron chi connectivity index (χ2n) is 4.09. The van der Waals surface area contributed by atoms with Gasteiger partial charge >= 0.3 is 5.97 Å². The highest BCUT2D eigenvalue weighted by Crippen LogP contribution is 2.25. The molecule has 7 heteroatoms. The zero-order chi connectivity index (χ0) is 15.6. The molecule has 2 rings (SSSR count). The Morgan fingerprint density at radius 3 is 2.62 bits per heavy atom. The van der Waals surface area contributed by atoms with E-state index >= 15 is 0 Å². The number of esters is 1. The number of nitriles is 2. The van der Waals surface area contributed by atoms with Gasteiger partial charge in [-0.15, -0.1) is 0 Å². The van der Waals surface area contributed by atoms with Gasteiger partial charge in [0, 0.05) is 6.20 Å². The zero-order valence-electron chi connectivity index (χ0n) is 10.9. The minimum absolute atomic E-state index is 0.0539. The molecule has 0 unspecified atom stereocenters. The molecule has 0 aliphatic rings. The Morgan fingerprint density at radius 1 is 1.33 bits per heavy atom. The Hall–Kier alpha value is -3.32. The van der Waals surface area contributed by atoms with Crippen LogP contribution in [0.5, 0.6) is 0 Å². The second-order valence-corrected chi connectivity index (χ2v) is 4.09. The van der Waals surface area contributed by atoms with Crippen molar-refractivity contribution in [2.45, 2.75) is 0 Å². The van der Waals surface area contributed by atoms with E-state index in [1.54, 1.807) is 0 Å². The predicted molar refractivity (Wildman–Crippen MR) is 70.9 cm³/mol. The van der Waals surface area contributed by atoms with Crippen LogP contribution < -0.4 is 5.73 Å². The molecule has 1 heterocycles. The maximum absolute atomic E-state index is 13.5. The molecule has 0 bridgehead atoms. The summed E-state index contributed by atoms with van der Waals surface area (Å²) in [5.41, 5.74) is 5.90. The van der Waals surface area contributed by atoms with Crippen molar-refractivity contribution in [1.29, 1.82) is 10.5 Å². The van der Waals surface area contributed by atoms with E-state index in [4.69, 9.17) is 16.3 Å². The molecule has 0 fully saturated rings. The van der Waals surface area contributed by atoms with Crippen LogP contribution in [0, 0.1) is 28.5 Å². The van der Waals surface area contributed by atoms with Crippen LogP contribution in [0.25, 0.3) is 5.69 Å². The fourth-order valence-electron chi connectivity index (χ4n) is 1.90. The van der Waals surface area contributed by atoms with E-state index in [0.717, 1.165) is 19.2 Å². The van der Waals surface area contributed by atoms with E-state index in [0.29, 0.717) is 0 Å². The average Bonchev–Trinajstić information content (AvgIpc) is 2.82. The lowest BCUT2D eigenvalue weighted by Gasteiger charge is -2.09. The SMILES string of the molecule is COC(=O)c1c(N)c(C#N)cn1-c1cc(F)cc(C#N)c1. The summed E-state index contributed by atoms with van der Waals surface area (Å²) in [7, 11) is 1.16. The highest BCUT2D eigenvalue weighted by molar-refractivity contribution is 5.95. The third-order valence-corrected chi connectivity index (χ3v) is 2.83. The van der Waals surface area contributed by atoms with E-state index in [-0.39, 0.29) is 28.2 Å². The van der Waals surface area contributed by atoms with Gasteiger partial charge in [0.1, 0.15) is 11.9 Å². The standard InChI is InChI=1S/C14H9FN4O2/c1-21-14(20)13-12(18)9(6-17)7-19(13)11-3-8(5-16)2-10(15)4-11/h2-4,7H,18H2,1H3. The summed E-state index contributed by atoms with van der Waals surface area (Å²) >= 11 is 0. The van der Waals surface area contributed by atoms with Crippen LogP contribution in [0.15, 0.2) is 24.4 Å². The van der Waals surface area contributed by atoms with Crippen molar-refractivity contribution < 1.29 is 13.9 Å². The zero-order valence-corrected chi connectivity index (χ0v) is 10.9. The molecule has 0 saturated heterocycles. The Morgan fingerprint density at radius 2 is 2.05 bits per heavy atom. The van der Waals surface area contributed by atoms with Gasteiger partial charge < -0.3 is 15.0 Å². The number of nitrogen functional groups attached to an aromatic ring is 1. The number of aromatic nitrogens is 1. The molecule has 0 spiro atoms. The van der Waals surface area contributed by atoms with Crippen molar-refractivity contribution in [3.63, 3.8) is 0 Å². The van der Waals surface area contributed by atoms with Crippen molar-refractivity contribution in [2.24, 2.45) is 0 Å². The van der Waals surface area contributed by atoms with E-state index in [1.807, 2.05) is 12.1 Å². The quantitative estimate of drug-likeness (QED) is 0.845. The van der Waals surface area contributed by atoms with Crippen LogP contribution in [0.3, 0.4) is 0 Å². The number of anilines is 1. The van der Waals surface area contributed by atoms with E-state index in [1.165, 1.54) is 16.8 Å². The molecule has 6 nitrogen and oxygen atoms in total. The number of rotatable bonds is 2. The van der Waals surface area contributed by atoms with Crippen molar-refractivity contribution in [1.82, 2.24) is 4.57 Å². The van der Waals surface area contributed by atoms with Gasteiger partial charge in [0.2, 0.25) is 0 Å². The summed E-state index contributed by atoms with van der Waals surface area (Å²) in [5.74, 6) is -1.41. The van der Waals surface area contributed by atoms with Gasteiger partial charge in [0.15, 0.2) is 5.69 Å². The van der Waals surface area contributed by atoms with Crippen molar-refractivity contribution in [3.8, 4) is 17.8 Å². The number of ether oxygens (including phenoxy) is 1. The first kappa shape index (κ1) is 14.1. The van der Waals surface area contributed by atoms with Crippen molar-refractivity contribution in [3.05, 3.63) is 47.0 Å². The molecule has 104 valence electrons. The molecule has 0 saturated carbocycles. The van der Waals surface area contributed by atoms with Gasteiger partial charge in [-0.2, -0.15) is 10.5 Å². The lowest BCUT2D eigenvalue weighted by atomic mass is 10.2. The first-order valence-electron chi connectivity index (χ1n) is 5.72. The monoisotopic (exact) mass is 284 g/mol. The molecule has 0 radical (unpaired) electrons. The van der Waals surface area contributed by atoms with Crippen LogP contribution in [0.2, 0.25) is 0 Å². The Bertz CT molecular complexity index is 812. The van der Waals surface area contributed by atoms with Gasteiger partial charge in [-0.05, 0) is 18.2 Å². The van der Waals surface area contributed by atoms with E-state index in [9.17, 15) is 9.18 Å². The Kier molecular flexibility index (Phi) is 3.59. The second kappa shape index (κ2) is 5.35. The fourth-order valence-corrected chi connectivity index (χ4v) is 1.90. The summed E-state index contributed by atoms with van der Waals surface area (Å²) in [6, 6.07) is 7.19. The number of methoxy groups -OCH3 is 1. The lowest BCUT2D eigenvalue weighted by molar-refractivity contribution is 0.0593. The molecular formula is C14H9FN4O2. The van der Waals surface area contributed by atoms with E-state index < -0.39 is 11.8 Å². The highest BCUT2D eigenvalue weighted by Gasteiger charge is 2.22. The number of nitrogens with zero attached hydrogens (tertiary/aromatic N) is 3. The first-order valence-corrected chi connectivity index (χ1v) is 5.72. The third-order valence-electron chi connectivity index (χ3n) is 2.83. The Balaban J connectivity index is 2.75. The number of benzene rings is 1. The molecular weight excluding hydrogens is 275 g/mol. The van der Waals surface area contributed by atoms with Crippen LogP contribution in [0.4, 0.5) is 10.1 Å². The fraction of sp³-hybridized carbons (Fsp3) is 0.0714. The topological polar surface area (TPSA) is 105 Å². The molecule has 0 aliphatic carbocycles. The van der Waals surface area contributed by atoms with E-state index in [2.05, 4.69) is 4.74 Å². The summed E-state index contributed by atoms with van der Waals surface area (Å²) in [5, 5.41) is 17.9. The van der Waals surface area contributed by atoms with Crippen LogP contribution in [0.1, 0.15) is 21.6 Å². The molecule has 0 aliphatic heterocycles. The minimum Gasteiger partial charge on any atom is -0.464 e. The number of hydrogen-bond acceptors (Lipinski definition) is 5. The molecule has 0 atom stereocenters. The largest absolute Gasteiger partial charge is 0.464 e. The normalized spacial score (nSPS) is 9.71. The minimum atomic E-state index is -0.767. The molecule has 1 aromatic carbocycles. The Labute approximate surface area is 119 Å². The highest BCUT2D eigenvalue weighted by atomic mass is 19.1. The summed E-state index contributed by atoms with van der Waals surface area (Å²) in [6.07, 6.45) is 1.29. The van der Waals surface area contributed by atoms with Gasteiger partial charge in [0.25, 0.3) is 0 Å². The van der Waals surface area contributed by atoms with Crippen LogP contribution >= 0.6 is 0 Å². The van der Waals surface area contributed by atoms with Gasteiger partial charge in [-0.1, -0.05) is 0 Å². The number of carbonyl (C=O) groups is 1. The van der Waals surface area contributed by atoms with Crippen LogP contribution in [-0.2, 0) is 4.74 Å². The van der Waals surface area contributed by atoms with Crippen molar-refractivity contribution >= 4 is 11.7 Å². The van der Waals surface area contributed by atoms with Gasteiger partial charge in [-0.3, -0.25) is 0 Å². The lowest BCUT2D eigenvalue weighted by Crippen LogP contribution is -2.11. The summed E-state index contributed by atoms with van der Waals surface area (Å²) in [6.45, 7) is 0. The summed E-state index contributed by atoms with van der Waals surface area (Å²) < 4.78 is 19.4. The van der Waals surface area contributed by atoms with Gasteiger partial charge in [0.05, 0.1) is 35.7 Å². The molecule has 0 amide bonds. The number of carbonyl (C=O) groups excluding carboxylic acids is 1. The van der Waals surface area contributed by atoms with Crippen LogP contribution in [-0.4, -0.2) is 17.6 Å². The molecule has 1 aromatic heterocycles. The van der Waals surface area contributed by atoms with Gasteiger partial charge in [-0.25, -0.2) is 9.18 Å². The maximum atomic E-state index is 13.5. The molecule has 2 N–H and O–H groups in total. The molecule has 2 aromatic rings. The summed E-state index contributed by atoms with van der Waals surface area (Å²) in [4.78, 5) is 11.8. The van der Waals surface area contributed by atoms with Crippen molar-refractivity contribution in [2.75, 3.05) is 12.8 Å². The smallest absolute Gasteiger partial charge is 0.357 e. The maximum Gasteiger partial charge on any atom is 0.357 e. The number of halogens is 1. The third kappa shape index (κ3) is 2.40. The predicted octanol–water partition coefficient (Wildman–Crippen LogP) is 1.73.